The van der Waals surface area contributed by atoms with Crippen LogP contribution in [0, 0.1) is 0 Å². The van der Waals surface area contributed by atoms with Crippen LogP contribution in [0.3, 0.4) is 0 Å². The van der Waals surface area contributed by atoms with Crippen molar-refractivity contribution in [3.05, 3.63) is 29.0 Å². The lowest BCUT2D eigenvalue weighted by Crippen LogP contribution is -2.52. The molecule has 0 radical (unpaired) electrons. The molecule has 1 saturated heterocycles. The van der Waals surface area contributed by atoms with E-state index in [0.29, 0.717) is 29.7 Å². The quantitative estimate of drug-likeness (QED) is 0.603. The van der Waals surface area contributed by atoms with Crippen LogP contribution >= 0.6 is 11.6 Å². The third-order valence-electron chi connectivity index (χ3n) is 3.97. The number of ether oxygens (including phenoxy) is 2. The average Bonchev–Trinajstić information content (AvgIpc) is 2.86. The van der Waals surface area contributed by atoms with Gasteiger partial charge in [-0.05, 0) is 32.9 Å². The summed E-state index contributed by atoms with van der Waals surface area (Å²) >= 11 is 6.05. The second-order valence-electron chi connectivity index (χ2n) is 6.98. The maximum atomic E-state index is 12.1. The lowest BCUT2D eigenvalue weighted by molar-refractivity contribution is 0.00151. The van der Waals surface area contributed by atoms with E-state index in [1.807, 2.05) is 31.5 Å². The summed E-state index contributed by atoms with van der Waals surface area (Å²) < 4.78 is 12.1. The predicted octanol–water partition coefficient (Wildman–Crippen LogP) is 3.27. The van der Waals surface area contributed by atoms with E-state index < -0.39 is 11.6 Å². The van der Waals surface area contributed by atoms with Crippen LogP contribution in [0.15, 0.2) is 18.3 Å². The first-order valence-corrected chi connectivity index (χ1v) is 8.30. The highest BCUT2D eigenvalue weighted by Crippen LogP contribution is 2.30. The normalized spacial score (nSPS) is 15.2. The highest BCUT2D eigenvalue weighted by atomic mass is 35.5. The van der Waals surface area contributed by atoms with Gasteiger partial charge in [-0.15, -0.1) is 0 Å². The minimum absolute atomic E-state index is 0.0569. The fourth-order valence-corrected chi connectivity index (χ4v) is 2.97. The SMILES string of the molecule is COC(=O)c1cc(Cl)nc2c1ccn2C1CN(C(=O)OC(C)(C)C)C1. The maximum absolute atomic E-state index is 12.1. The monoisotopic (exact) mass is 365 g/mol. The van der Waals surface area contributed by atoms with E-state index in [0.717, 1.165) is 0 Å². The Kier molecular flexibility index (Phi) is 4.36. The molecule has 3 rings (SSSR count). The Morgan fingerprint density at radius 3 is 2.60 bits per heavy atom. The van der Waals surface area contributed by atoms with Crippen molar-refractivity contribution in [2.45, 2.75) is 32.4 Å². The zero-order valence-electron chi connectivity index (χ0n) is 14.6. The number of amides is 1. The molecule has 0 spiro atoms. The van der Waals surface area contributed by atoms with Gasteiger partial charge in [-0.25, -0.2) is 14.6 Å². The Balaban J connectivity index is 1.82. The standard InChI is InChI=1S/C17H20ClN3O4/c1-17(2,3)25-16(23)20-8-10(9-20)21-6-5-11-12(15(22)24-4)7-13(18)19-14(11)21/h5-7,10H,8-9H2,1-4H3. The summed E-state index contributed by atoms with van der Waals surface area (Å²) in [6.07, 6.45) is 1.51. The number of likely N-dealkylation sites (tertiary alicyclic amines) is 1. The van der Waals surface area contributed by atoms with Crippen molar-refractivity contribution in [3.63, 3.8) is 0 Å². The van der Waals surface area contributed by atoms with Gasteiger partial charge >= 0.3 is 12.1 Å². The number of aromatic nitrogens is 2. The van der Waals surface area contributed by atoms with Crippen LogP contribution < -0.4 is 0 Å². The average molecular weight is 366 g/mol. The Hall–Kier alpha value is -2.28. The van der Waals surface area contributed by atoms with Crippen molar-refractivity contribution in [2.24, 2.45) is 0 Å². The molecule has 1 aliphatic rings. The molecule has 25 heavy (non-hydrogen) atoms. The van der Waals surface area contributed by atoms with E-state index >= 15 is 0 Å². The van der Waals surface area contributed by atoms with Crippen molar-refractivity contribution >= 4 is 34.7 Å². The highest BCUT2D eigenvalue weighted by Gasteiger charge is 2.35. The first-order valence-electron chi connectivity index (χ1n) is 7.93. The molecule has 1 fully saturated rings. The molecule has 7 nitrogen and oxygen atoms in total. The van der Waals surface area contributed by atoms with Crippen LogP contribution in [0.4, 0.5) is 4.79 Å². The minimum atomic E-state index is -0.521. The van der Waals surface area contributed by atoms with Gasteiger partial charge in [0.1, 0.15) is 16.4 Å². The Morgan fingerprint density at radius 1 is 1.32 bits per heavy atom. The number of hydrogen-bond acceptors (Lipinski definition) is 5. The number of pyridine rings is 1. The van der Waals surface area contributed by atoms with Crippen LogP contribution in [0.25, 0.3) is 11.0 Å². The number of carbonyl (C=O) groups is 2. The molecule has 0 aliphatic carbocycles. The number of methoxy groups -OCH3 is 1. The van der Waals surface area contributed by atoms with E-state index in [1.165, 1.54) is 13.2 Å². The summed E-state index contributed by atoms with van der Waals surface area (Å²) in [5.74, 6) is -0.462. The molecule has 8 heteroatoms. The van der Waals surface area contributed by atoms with E-state index in [2.05, 4.69) is 4.98 Å². The van der Waals surface area contributed by atoms with Gasteiger partial charge in [0.05, 0.1) is 18.7 Å². The van der Waals surface area contributed by atoms with Crippen LogP contribution in [0.2, 0.25) is 5.15 Å². The number of rotatable bonds is 2. The summed E-state index contributed by atoms with van der Waals surface area (Å²) in [6, 6.07) is 3.36. The number of fused-ring (bicyclic) bond motifs is 1. The van der Waals surface area contributed by atoms with Crippen molar-refractivity contribution < 1.29 is 19.1 Å². The molecule has 134 valence electrons. The second-order valence-corrected chi connectivity index (χ2v) is 7.37. The zero-order chi connectivity index (χ0) is 18.4. The molecule has 0 unspecified atom stereocenters. The third kappa shape index (κ3) is 3.42. The van der Waals surface area contributed by atoms with Crippen LogP contribution in [0.1, 0.15) is 37.2 Å². The third-order valence-corrected chi connectivity index (χ3v) is 4.16. The largest absolute Gasteiger partial charge is 0.465 e. The first-order chi connectivity index (χ1) is 11.7. The number of esters is 1. The van der Waals surface area contributed by atoms with Crippen molar-refractivity contribution in [1.82, 2.24) is 14.5 Å². The number of carbonyl (C=O) groups excluding carboxylic acids is 2. The van der Waals surface area contributed by atoms with Crippen LogP contribution in [0.5, 0.6) is 0 Å². The van der Waals surface area contributed by atoms with E-state index in [4.69, 9.17) is 21.1 Å². The number of hydrogen-bond donors (Lipinski definition) is 0. The van der Waals surface area contributed by atoms with Gasteiger partial charge in [-0.3, -0.25) is 0 Å². The summed E-state index contributed by atoms with van der Waals surface area (Å²) in [5, 5.41) is 0.892. The smallest absolute Gasteiger partial charge is 0.410 e. The summed E-state index contributed by atoms with van der Waals surface area (Å²) in [7, 11) is 1.32. The molecule has 0 atom stereocenters. The Bertz CT molecular complexity index is 834. The first kappa shape index (κ1) is 17.5. The van der Waals surface area contributed by atoms with Gasteiger partial charge in [0.15, 0.2) is 0 Å². The van der Waals surface area contributed by atoms with Gasteiger partial charge in [-0.2, -0.15) is 0 Å². The molecule has 2 aromatic heterocycles. The summed E-state index contributed by atoms with van der Waals surface area (Å²) in [5.41, 5.74) is 0.452. The predicted molar refractivity (Wildman–Crippen MR) is 92.9 cm³/mol. The second kappa shape index (κ2) is 6.22. The molecule has 0 bridgehead atoms. The highest BCUT2D eigenvalue weighted by molar-refractivity contribution is 6.30. The Morgan fingerprint density at radius 2 is 2.00 bits per heavy atom. The molecule has 0 aromatic carbocycles. The molecule has 0 saturated carbocycles. The van der Waals surface area contributed by atoms with Gasteiger partial charge in [0, 0.05) is 24.7 Å². The number of halogens is 1. The number of nitrogens with zero attached hydrogens (tertiary/aromatic N) is 3. The summed E-state index contributed by atoms with van der Waals surface area (Å²) in [6.45, 7) is 6.53. The lowest BCUT2D eigenvalue weighted by Gasteiger charge is -2.40. The molecular formula is C17H20ClN3O4. The fourth-order valence-electron chi connectivity index (χ4n) is 2.78. The molecule has 1 aliphatic heterocycles. The summed E-state index contributed by atoms with van der Waals surface area (Å²) in [4.78, 5) is 29.9. The maximum Gasteiger partial charge on any atom is 0.410 e. The van der Waals surface area contributed by atoms with E-state index in [1.54, 1.807) is 11.0 Å². The molecule has 2 aromatic rings. The topological polar surface area (TPSA) is 73.7 Å². The minimum Gasteiger partial charge on any atom is -0.465 e. The van der Waals surface area contributed by atoms with Crippen LogP contribution in [-0.4, -0.2) is 52.3 Å². The molecular weight excluding hydrogens is 346 g/mol. The fraction of sp³-hybridized carbons (Fsp3) is 0.471. The van der Waals surface area contributed by atoms with E-state index in [9.17, 15) is 9.59 Å². The van der Waals surface area contributed by atoms with Crippen molar-refractivity contribution in [3.8, 4) is 0 Å². The van der Waals surface area contributed by atoms with Crippen molar-refractivity contribution in [1.29, 1.82) is 0 Å². The van der Waals surface area contributed by atoms with E-state index in [-0.39, 0.29) is 17.3 Å². The lowest BCUT2D eigenvalue weighted by atomic mass is 10.1. The zero-order valence-corrected chi connectivity index (χ0v) is 15.3. The van der Waals surface area contributed by atoms with Gasteiger partial charge in [0.2, 0.25) is 0 Å². The van der Waals surface area contributed by atoms with Crippen molar-refractivity contribution in [2.75, 3.05) is 20.2 Å². The molecule has 1 amide bonds. The molecule has 3 heterocycles. The van der Waals surface area contributed by atoms with Gasteiger partial charge in [-0.1, -0.05) is 11.6 Å². The van der Waals surface area contributed by atoms with Gasteiger partial charge in [0.25, 0.3) is 0 Å². The van der Waals surface area contributed by atoms with Crippen LogP contribution in [-0.2, 0) is 9.47 Å². The Labute approximate surface area is 150 Å². The molecule has 0 N–H and O–H groups in total. The van der Waals surface area contributed by atoms with Gasteiger partial charge < -0.3 is 18.9 Å².